The minimum absolute atomic E-state index is 0.000351. The van der Waals surface area contributed by atoms with Crippen LogP contribution < -0.4 is 5.69 Å². The lowest BCUT2D eigenvalue weighted by molar-refractivity contribution is -0.0712. The SMILES string of the molecule is CCC(C)(C[C@H]1O[C@@H](n2cc3c(C)c(C)[nH]c3nc2=O)[C@@H](O)C1O)OP(=O)(O)C(C)(O)CC. The van der Waals surface area contributed by atoms with Crippen molar-refractivity contribution < 1.29 is 34.0 Å². The van der Waals surface area contributed by atoms with Crippen molar-refractivity contribution in [1.29, 1.82) is 0 Å². The molecule has 33 heavy (non-hydrogen) atoms. The molecule has 2 aromatic rings. The number of aliphatic hydroxyl groups is 3. The largest absolute Gasteiger partial charge is 0.388 e. The van der Waals surface area contributed by atoms with Gasteiger partial charge in [0.15, 0.2) is 11.6 Å². The lowest BCUT2D eigenvalue weighted by Gasteiger charge is -2.37. The van der Waals surface area contributed by atoms with Crippen molar-refractivity contribution in [2.45, 2.75) is 96.3 Å². The molecule has 7 atom stereocenters. The maximum absolute atomic E-state index is 12.7. The van der Waals surface area contributed by atoms with Gasteiger partial charge in [-0.25, -0.2) is 4.79 Å². The molecule has 186 valence electrons. The zero-order chi connectivity index (χ0) is 24.9. The normalized spacial score (nSPS) is 29.0. The van der Waals surface area contributed by atoms with Crippen LogP contribution in [-0.4, -0.2) is 64.0 Å². The molecular weight excluding hydrogens is 453 g/mol. The van der Waals surface area contributed by atoms with E-state index in [-0.39, 0.29) is 19.3 Å². The smallest absolute Gasteiger partial charge is 0.359 e. The Labute approximate surface area is 191 Å². The number of fused-ring (bicyclic) bond motifs is 1. The van der Waals surface area contributed by atoms with Crippen molar-refractivity contribution in [3.05, 3.63) is 27.9 Å². The fraction of sp³-hybridized carbons (Fsp3) is 0.714. The molecule has 0 aromatic carbocycles. The lowest BCUT2D eigenvalue weighted by atomic mass is 9.93. The topological polar surface area (TPSA) is 167 Å². The van der Waals surface area contributed by atoms with Crippen molar-refractivity contribution in [1.82, 2.24) is 14.5 Å². The number of aromatic nitrogens is 3. The summed E-state index contributed by atoms with van der Waals surface area (Å²) in [5, 5.41) is 30.4. The standard InChI is InChI=1S/C21H34N3O8P/c1-7-20(5,32-33(29,30)21(6,28)8-2)9-14-15(25)16(26)18(31-14)24-10-13-11(3)12(4)22-17(13)23-19(24)27/h10,14-16,18,25-26,28H,7-9H2,1-6H3,(H,29,30)(H,22,23,27)/t14-,15?,16+,18-,20?,21?/m1/s1. The Balaban J connectivity index is 1.88. The lowest BCUT2D eigenvalue weighted by Crippen LogP contribution is -2.40. The summed E-state index contributed by atoms with van der Waals surface area (Å²) in [6, 6.07) is 0. The Hall–Kier alpha value is -1.59. The molecule has 1 aliphatic rings. The van der Waals surface area contributed by atoms with Crippen LogP contribution in [0, 0.1) is 13.8 Å². The molecule has 3 heterocycles. The van der Waals surface area contributed by atoms with E-state index in [9.17, 15) is 29.6 Å². The van der Waals surface area contributed by atoms with E-state index in [0.717, 1.165) is 15.8 Å². The predicted molar refractivity (Wildman–Crippen MR) is 121 cm³/mol. The van der Waals surface area contributed by atoms with Gasteiger partial charge in [-0.3, -0.25) is 9.13 Å². The molecule has 0 bridgehead atoms. The molecule has 1 aliphatic heterocycles. The van der Waals surface area contributed by atoms with Crippen LogP contribution in [0.25, 0.3) is 11.0 Å². The van der Waals surface area contributed by atoms with Gasteiger partial charge in [0.25, 0.3) is 0 Å². The van der Waals surface area contributed by atoms with Gasteiger partial charge in [0.1, 0.15) is 17.9 Å². The monoisotopic (exact) mass is 487 g/mol. The number of aliphatic hydroxyl groups excluding tert-OH is 2. The van der Waals surface area contributed by atoms with Crippen LogP contribution in [0.2, 0.25) is 0 Å². The molecule has 5 N–H and O–H groups in total. The van der Waals surface area contributed by atoms with Crippen LogP contribution in [0.4, 0.5) is 0 Å². The summed E-state index contributed by atoms with van der Waals surface area (Å²) in [7, 11) is -4.45. The third-order valence-electron chi connectivity index (χ3n) is 6.84. The molecule has 0 amide bonds. The van der Waals surface area contributed by atoms with Gasteiger partial charge in [-0.2, -0.15) is 4.98 Å². The second-order valence-electron chi connectivity index (χ2n) is 9.30. The summed E-state index contributed by atoms with van der Waals surface area (Å²) < 4.78 is 25.3. The molecule has 2 aromatic heterocycles. The first-order valence-electron chi connectivity index (χ1n) is 11.0. The molecule has 11 nitrogen and oxygen atoms in total. The van der Waals surface area contributed by atoms with Gasteiger partial charge in [-0.05, 0) is 46.1 Å². The van der Waals surface area contributed by atoms with Crippen molar-refractivity contribution in [2.75, 3.05) is 0 Å². The van der Waals surface area contributed by atoms with Crippen molar-refractivity contribution in [3.63, 3.8) is 0 Å². The van der Waals surface area contributed by atoms with E-state index < -0.39 is 48.8 Å². The van der Waals surface area contributed by atoms with Crippen molar-refractivity contribution >= 4 is 18.6 Å². The molecular formula is C21H34N3O8P. The quantitative estimate of drug-likeness (QED) is 0.349. The third-order valence-corrected chi connectivity index (χ3v) is 9.06. The Kier molecular flexibility index (Phi) is 7.01. The van der Waals surface area contributed by atoms with Gasteiger partial charge in [0, 0.05) is 23.7 Å². The van der Waals surface area contributed by atoms with Crippen LogP contribution in [0.15, 0.2) is 11.0 Å². The summed E-state index contributed by atoms with van der Waals surface area (Å²) in [5.41, 5.74) is 0.251. The summed E-state index contributed by atoms with van der Waals surface area (Å²) in [6.45, 7) is 9.82. The number of rotatable bonds is 8. The van der Waals surface area contributed by atoms with E-state index in [0.29, 0.717) is 11.0 Å². The van der Waals surface area contributed by atoms with Gasteiger partial charge in [-0.1, -0.05) is 13.8 Å². The summed E-state index contributed by atoms with van der Waals surface area (Å²) in [4.78, 5) is 30.0. The molecule has 0 saturated carbocycles. The van der Waals surface area contributed by atoms with Crippen LogP contribution in [0.1, 0.15) is 64.4 Å². The maximum atomic E-state index is 12.7. The van der Waals surface area contributed by atoms with E-state index in [2.05, 4.69) is 9.97 Å². The van der Waals surface area contributed by atoms with E-state index in [1.165, 1.54) is 13.1 Å². The highest BCUT2D eigenvalue weighted by Crippen LogP contribution is 2.59. The second kappa shape index (κ2) is 8.88. The molecule has 0 radical (unpaired) electrons. The molecule has 0 aliphatic carbocycles. The first-order chi connectivity index (χ1) is 15.2. The van der Waals surface area contributed by atoms with Gasteiger partial charge < -0.3 is 34.5 Å². The Morgan fingerprint density at radius 2 is 1.88 bits per heavy atom. The van der Waals surface area contributed by atoms with Crippen LogP contribution in [0.5, 0.6) is 0 Å². The number of aromatic amines is 1. The molecule has 1 saturated heterocycles. The first kappa shape index (κ1) is 26.0. The second-order valence-corrected chi connectivity index (χ2v) is 11.5. The minimum Gasteiger partial charge on any atom is -0.388 e. The summed E-state index contributed by atoms with van der Waals surface area (Å²) in [5.74, 6) is 0. The molecule has 12 heteroatoms. The molecule has 3 rings (SSSR count). The van der Waals surface area contributed by atoms with E-state index in [1.807, 2.05) is 13.8 Å². The van der Waals surface area contributed by atoms with Crippen molar-refractivity contribution in [2.24, 2.45) is 0 Å². The number of aryl methyl sites for hydroxylation is 2. The fourth-order valence-corrected chi connectivity index (χ4v) is 5.29. The number of H-pyrrole nitrogens is 1. The highest BCUT2D eigenvalue weighted by molar-refractivity contribution is 7.54. The first-order valence-corrected chi connectivity index (χ1v) is 12.6. The minimum atomic E-state index is -4.45. The highest BCUT2D eigenvalue weighted by Gasteiger charge is 2.50. The Bertz CT molecular complexity index is 1130. The van der Waals surface area contributed by atoms with E-state index in [1.54, 1.807) is 20.8 Å². The van der Waals surface area contributed by atoms with Crippen LogP contribution >= 0.6 is 7.60 Å². The summed E-state index contributed by atoms with van der Waals surface area (Å²) >= 11 is 0. The van der Waals surface area contributed by atoms with Crippen molar-refractivity contribution in [3.8, 4) is 0 Å². The van der Waals surface area contributed by atoms with Gasteiger partial charge in [0.05, 0.1) is 11.7 Å². The molecule has 1 fully saturated rings. The average molecular weight is 487 g/mol. The van der Waals surface area contributed by atoms with Crippen LogP contribution in [0.3, 0.4) is 0 Å². The van der Waals surface area contributed by atoms with Gasteiger partial charge >= 0.3 is 13.3 Å². The Morgan fingerprint density at radius 3 is 2.45 bits per heavy atom. The zero-order valence-corrected chi connectivity index (χ0v) is 20.7. The van der Waals surface area contributed by atoms with Gasteiger partial charge in [-0.15, -0.1) is 0 Å². The summed E-state index contributed by atoms with van der Waals surface area (Å²) in [6.07, 6.45) is -3.29. The van der Waals surface area contributed by atoms with E-state index in [4.69, 9.17) is 9.26 Å². The fourth-order valence-electron chi connectivity index (χ4n) is 3.89. The number of hydrogen-bond donors (Lipinski definition) is 5. The van der Waals surface area contributed by atoms with Gasteiger partial charge in [0.2, 0.25) is 0 Å². The number of hydrogen-bond acceptors (Lipinski definition) is 8. The molecule has 4 unspecified atom stereocenters. The highest BCUT2D eigenvalue weighted by atomic mass is 31.2. The number of nitrogens with one attached hydrogen (secondary N) is 1. The Morgan fingerprint density at radius 1 is 1.24 bits per heavy atom. The predicted octanol–water partition coefficient (Wildman–Crippen LogP) is 1.84. The third kappa shape index (κ3) is 4.68. The maximum Gasteiger partial charge on any atom is 0.359 e. The zero-order valence-electron chi connectivity index (χ0n) is 19.8. The molecule has 0 spiro atoms. The van der Waals surface area contributed by atoms with Crippen LogP contribution in [-0.2, 0) is 13.8 Å². The number of ether oxygens (including phenoxy) is 1. The number of nitrogens with zero attached hydrogens (tertiary/aromatic N) is 2. The average Bonchev–Trinajstić information content (AvgIpc) is 3.16. The van der Waals surface area contributed by atoms with E-state index >= 15 is 0 Å².